The maximum absolute atomic E-state index is 13.2. The van der Waals surface area contributed by atoms with Crippen molar-refractivity contribution < 1.29 is 9.53 Å². The highest BCUT2D eigenvalue weighted by molar-refractivity contribution is 7.95. The van der Waals surface area contributed by atoms with Gasteiger partial charge in [-0.1, -0.05) is 60.7 Å². The van der Waals surface area contributed by atoms with Crippen LogP contribution in [0, 0.1) is 0 Å². The molecule has 2 heterocycles. The lowest BCUT2D eigenvalue weighted by molar-refractivity contribution is 0.0517. The number of pyridine rings is 1. The normalized spacial score (nSPS) is 11.4. The lowest BCUT2D eigenvalue weighted by Gasteiger charge is -2.27. The number of imidazole rings is 1. The van der Waals surface area contributed by atoms with Crippen molar-refractivity contribution >= 4 is 34.8 Å². The van der Waals surface area contributed by atoms with Crippen LogP contribution in [-0.2, 0) is 10.9 Å². The van der Waals surface area contributed by atoms with Crippen LogP contribution in [0.3, 0.4) is 0 Å². The predicted octanol–water partition coefficient (Wildman–Crippen LogP) is 5.01. The highest BCUT2D eigenvalue weighted by Crippen LogP contribution is 2.58. The fourth-order valence-electron chi connectivity index (χ4n) is 4.56. The predicted molar refractivity (Wildman–Crippen MR) is 140 cm³/mol. The molecule has 5 aromatic rings. The number of carbonyl (C=O) groups is 1. The third-order valence-corrected chi connectivity index (χ3v) is 10.4. The van der Waals surface area contributed by atoms with Gasteiger partial charge >= 0.3 is 5.97 Å². The van der Waals surface area contributed by atoms with Crippen molar-refractivity contribution in [3.63, 3.8) is 0 Å². The van der Waals surface area contributed by atoms with Gasteiger partial charge in [0, 0.05) is 6.20 Å². The summed E-state index contributed by atoms with van der Waals surface area (Å²) in [5.74, 6) is -0.344. The molecule has 3 aromatic carbocycles. The molecule has 0 aliphatic heterocycles. The van der Waals surface area contributed by atoms with Gasteiger partial charge in [0.2, 0.25) is 0 Å². The second-order valence-corrected chi connectivity index (χ2v) is 11.5. The Bertz CT molecular complexity index is 1300. The number of hydrogen-bond acceptors (Lipinski definition) is 3. The van der Waals surface area contributed by atoms with Crippen molar-refractivity contribution in [2.45, 2.75) is 13.1 Å². The van der Waals surface area contributed by atoms with Crippen LogP contribution >= 0.6 is 7.26 Å². The topological polar surface area (TPSA) is 43.6 Å². The van der Waals surface area contributed by atoms with Crippen molar-refractivity contribution in [1.29, 1.82) is 0 Å². The molecule has 0 radical (unpaired) electrons. The lowest BCUT2D eigenvalue weighted by atomic mass is 10.3. The first kappa shape index (κ1) is 22.1. The summed E-state index contributed by atoms with van der Waals surface area (Å²) < 4.78 is 7.33. The van der Waals surface area contributed by atoms with Crippen LogP contribution in [0.5, 0.6) is 0 Å². The number of rotatable bonds is 7. The molecule has 0 fully saturated rings. The van der Waals surface area contributed by atoms with Gasteiger partial charge in [0.25, 0.3) is 0 Å². The Balaban J connectivity index is 1.81. The van der Waals surface area contributed by atoms with Crippen LogP contribution in [-0.4, -0.2) is 22.0 Å². The Labute approximate surface area is 200 Å². The molecule has 34 heavy (non-hydrogen) atoms. The maximum Gasteiger partial charge on any atom is 0.357 e. The Hall–Kier alpha value is -3.75. The molecule has 4 nitrogen and oxygen atoms in total. The third kappa shape index (κ3) is 3.91. The third-order valence-electron chi connectivity index (χ3n) is 6.05. The zero-order valence-corrected chi connectivity index (χ0v) is 19.9. The van der Waals surface area contributed by atoms with E-state index in [0.29, 0.717) is 18.5 Å². The Kier molecular flexibility index (Phi) is 6.24. The summed E-state index contributed by atoms with van der Waals surface area (Å²) in [5.41, 5.74) is 2.01. The van der Waals surface area contributed by atoms with Gasteiger partial charge in [-0.25, -0.2) is 9.78 Å². The lowest BCUT2D eigenvalue weighted by Crippen LogP contribution is -2.33. The van der Waals surface area contributed by atoms with E-state index in [2.05, 4.69) is 72.8 Å². The zero-order chi connectivity index (χ0) is 23.4. The summed E-state index contributed by atoms with van der Waals surface area (Å²) in [5, 5.41) is 3.75. The maximum atomic E-state index is 13.2. The second-order valence-electron chi connectivity index (χ2n) is 8.03. The molecule has 0 atom stereocenters. The first-order valence-electron chi connectivity index (χ1n) is 11.4. The van der Waals surface area contributed by atoms with Crippen molar-refractivity contribution in [3.8, 4) is 0 Å². The molecular weight excluding hydrogens is 439 g/mol. The van der Waals surface area contributed by atoms with E-state index in [9.17, 15) is 4.79 Å². The largest absolute Gasteiger partial charge is 0.461 e. The van der Waals surface area contributed by atoms with E-state index in [4.69, 9.17) is 9.72 Å². The average molecular weight is 466 g/mol. The number of carbonyl (C=O) groups excluding carboxylic acids is 1. The van der Waals surface area contributed by atoms with Gasteiger partial charge in [0.1, 0.15) is 40.7 Å². The standard InChI is InChI=1S/C29H26N2O2P/c1-2-33-29(32)28-26(30-27-20-12-13-21-31(27)28)22-34(23-14-6-3-7-15-23,24-16-8-4-9-17-24)25-18-10-5-11-19-25/h3-21H,2,22H2,1H3/q+1. The van der Waals surface area contributed by atoms with Crippen molar-refractivity contribution in [1.82, 2.24) is 9.38 Å². The fraction of sp³-hybridized carbons (Fsp3) is 0.103. The first-order chi connectivity index (χ1) is 16.7. The van der Waals surface area contributed by atoms with Gasteiger partial charge in [-0.05, 0) is 55.5 Å². The number of benzene rings is 3. The number of ether oxygens (including phenoxy) is 1. The molecule has 0 aliphatic rings. The summed E-state index contributed by atoms with van der Waals surface area (Å²) in [7, 11) is -2.20. The van der Waals surface area contributed by atoms with Gasteiger partial charge in [0.05, 0.1) is 6.61 Å². The van der Waals surface area contributed by atoms with Gasteiger partial charge < -0.3 is 4.74 Å². The number of esters is 1. The highest BCUT2D eigenvalue weighted by Gasteiger charge is 2.47. The van der Waals surface area contributed by atoms with Gasteiger partial charge in [-0.2, -0.15) is 0 Å². The molecule has 0 N–H and O–H groups in total. The summed E-state index contributed by atoms with van der Waals surface area (Å²) in [6.07, 6.45) is 2.49. The minimum Gasteiger partial charge on any atom is -0.461 e. The SMILES string of the molecule is CCOC(=O)c1c(C[P+](c2ccccc2)(c2ccccc2)c2ccccc2)nc2ccccn12. The number of nitrogens with zero attached hydrogens (tertiary/aromatic N) is 2. The molecule has 0 saturated heterocycles. The summed E-state index contributed by atoms with van der Waals surface area (Å²) >= 11 is 0. The number of aromatic nitrogens is 2. The quantitative estimate of drug-likeness (QED) is 0.251. The van der Waals surface area contributed by atoms with Crippen LogP contribution in [0.1, 0.15) is 23.1 Å². The minimum atomic E-state index is -2.20. The van der Waals surface area contributed by atoms with E-state index in [1.165, 1.54) is 15.9 Å². The van der Waals surface area contributed by atoms with Crippen LogP contribution in [0.4, 0.5) is 0 Å². The smallest absolute Gasteiger partial charge is 0.357 e. The van der Waals surface area contributed by atoms with Crippen LogP contribution in [0.15, 0.2) is 115 Å². The average Bonchev–Trinajstić information content (AvgIpc) is 3.27. The van der Waals surface area contributed by atoms with E-state index >= 15 is 0 Å². The van der Waals surface area contributed by atoms with Crippen LogP contribution < -0.4 is 15.9 Å². The molecule has 0 spiro atoms. The number of hydrogen-bond donors (Lipinski definition) is 0. The molecule has 5 rings (SSSR count). The molecule has 0 amide bonds. The van der Waals surface area contributed by atoms with E-state index in [-0.39, 0.29) is 5.97 Å². The van der Waals surface area contributed by atoms with E-state index in [0.717, 1.165) is 11.3 Å². The second kappa shape index (κ2) is 9.62. The van der Waals surface area contributed by atoms with E-state index in [1.54, 1.807) is 0 Å². The molecule has 0 unspecified atom stereocenters. The molecule has 168 valence electrons. The van der Waals surface area contributed by atoms with Gasteiger partial charge in [-0.15, -0.1) is 0 Å². The fourth-order valence-corrected chi connectivity index (χ4v) is 8.72. The Morgan fingerprint density at radius 3 is 1.76 bits per heavy atom. The van der Waals surface area contributed by atoms with Crippen molar-refractivity contribution in [2.75, 3.05) is 6.61 Å². The van der Waals surface area contributed by atoms with Crippen LogP contribution in [0.2, 0.25) is 0 Å². The summed E-state index contributed by atoms with van der Waals surface area (Å²) in [6, 6.07) is 37.7. The molecule has 0 aliphatic carbocycles. The molecule has 0 bridgehead atoms. The highest BCUT2D eigenvalue weighted by atomic mass is 31.2. The zero-order valence-electron chi connectivity index (χ0n) is 19.0. The number of fused-ring (bicyclic) bond motifs is 1. The Morgan fingerprint density at radius 2 is 1.26 bits per heavy atom. The summed E-state index contributed by atoms with van der Waals surface area (Å²) in [4.78, 5) is 18.1. The molecule has 0 saturated carbocycles. The van der Waals surface area contributed by atoms with Gasteiger partial charge in [-0.3, -0.25) is 4.40 Å². The molecule has 5 heteroatoms. The minimum absolute atomic E-state index is 0.314. The van der Waals surface area contributed by atoms with Gasteiger partial charge in [0.15, 0.2) is 5.69 Å². The summed E-state index contributed by atoms with van der Waals surface area (Å²) in [6.45, 7) is 2.14. The van der Waals surface area contributed by atoms with Crippen molar-refractivity contribution in [3.05, 3.63) is 127 Å². The van der Waals surface area contributed by atoms with E-state index in [1.807, 2.05) is 53.9 Å². The van der Waals surface area contributed by atoms with E-state index < -0.39 is 7.26 Å². The monoisotopic (exact) mass is 465 g/mol. The molecule has 2 aromatic heterocycles. The Morgan fingerprint density at radius 1 is 0.765 bits per heavy atom. The first-order valence-corrected chi connectivity index (χ1v) is 13.4. The van der Waals surface area contributed by atoms with Crippen molar-refractivity contribution in [2.24, 2.45) is 0 Å². The van der Waals surface area contributed by atoms with Crippen LogP contribution in [0.25, 0.3) is 5.65 Å². The molecular formula is C29H26N2O2P+.